The molecular formula is C24H22ClF3N4O2S. The number of alkyl halides is 3. The summed E-state index contributed by atoms with van der Waals surface area (Å²) in [7, 11) is 0. The highest BCUT2D eigenvalue weighted by Gasteiger charge is 2.35. The van der Waals surface area contributed by atoms with Gasteiger partial charge in [0.2, 0.25) is 5.91 Å². The second-order valence-corrected chi connectivity index (χ2v) is 9.49. The molecule has 0 spiro atoms. The summed E-state index contributed by atoms with van der Waals surface area (Å²) in [5.74, 6) is -0.773. The van der Waals surface area contributed by atoms with Crippen LogP contribution in [0.15, 0.2) is 47.8 Å². The average Bonchev–Trinajstić information content (AvgIpc) is 3.49. The van der Waals surface area contributed by atoms with E-state index in [1.165, 1.54) is 28.4 Å². The third kappa shape index (κ3) is 5.94. The maximum Gasteiger partial charge on any atom is 0.416 e. The molecule has 1 aliphatic rings. The van der Waals surface area contributed by atoms with E-state index in [9.17, 15) is 22.8 Å². The number of nitrogens with one attached hydrogen (secondary N) is 2. The molecule has 6 nitrogen and oxygen atoms in total. The second-order valence-electron chi connectivity index (χ2n) is 8.19. The van der Waals surface area contributed by atoms with Gasteiger partial charge in [-0.3, -0.25) is 9.59 Å². The molecular weight excluding hydrogens is 501 g/mol. The van der Waals surface area contributed by atoms with E-state index >= 15 is 0 Å². The van der Waals surface area contributed by atoms with E-state index < -0.39 is 23.7 Å². The molecule has 2 heterocycles. The first-order chi connectivity index (χ1) is 16.6. The summed E-state index contributed by atoms with van der Waals surface area (Å²) >= 11 is 7.32. The molecule has 1 fully saturated rings. The van der Waals surface area contributed by atoms with Crippen LogP contribution in [0, 0.1) is 6.92 Å². The van der Waals surface area contributed by atoms with Gasteiger partial charge in [0.25, 0.3) is 5.91 Å². The van der Waals surface area contributed by atoms with Gasteiger partial charge in [0.15, 0.2) is 5.13 Å². The van der Waals surface area contributed by atoms with Crippen LogP contribution in [0.2, 0.25) is 5.02 Å². The number of anilines is 2. The molecule has 1 aliphatic heterocycles. The Morgan fingerprint density at radius 2 is 2.03 bits per heavy atom. The fraction of sp³-hybridized carbons (Fsp3) is 0.292. The zero-order valence-corrected chi connectivity index (χ0v) is 20.2. The Hall–Kier alpha value is -3.11. The van der Waals surface area contributed by atoms with Crippen molar-refractivity contribution < 1.29 is 22.8 Å². The van der Waals surface area contributed by atoms with E-state index in [1.807, 2.05) is 13.0 Å². The van der Waals surface area contributed by atoms with Gasteiger partial charge in [-0.2, -0.15) is 13.2 Å². The third-order valence-corrected chi connectivity index (χ3v) is 6.69. The molecule has 2 N–H and O–H groups in total. The number of carbonyl (C=O) groups is 2. The predicted octanol–water partition coefficient (Wildman–Crippen LogP) is 5.79. The lowest BCUT2D eigenvalue weighted by Gasteiger charge is -2.23. The molecule has 1 aromatic heterocycles. The van der Waals surface area contributed by atoms with Gasteiger partial charge in [0.05, 0.1) is 5.56 Å². The summed E-state index contributed by atoms with van der Waals surface area (Å²) in [6, 6.07) is 9.51. The number of aryl methyl sites for hydroxylation is 1. The normalized spacial score (nSPS) is 15.8. The van der Waals surface area contributed by atoms with E-state index in [0.29, 0.717) is 35.1 Å². The lowest BCUT2D eigenvalue weighted by molar-refractivity contribution is -0.137. The summed E-state index contributed by atoms with van der Waals surface area (Å²) in [6.45, 7) is 2.25. The number of carbonyl (C=O) groups excluding carboxylic acids is 2. The standard InChI is InChI=1S/C24H22ClF3N4O2S/c1-14-7-8-17(25)11-18(14)30-23-31-19(13-35-23)22(34)32-9-3-6-20(32)21(33)29-12-15-4-2-5-16(10-15)24(26,27)28/h2,4-5,7-8,10-11,13,20H,3,6,9,12H2,1H3,(H,29,33)(H,30,31)/t20-/m1/s1. The highest BCUT2D eigenvalue weighted by atomic mass is 35.5. The minimum Gasteiger partial charge on any atom is -0.350 e. The molecule has 0 unspecified atom stereocenters. The van der Waals surface area contributed by atoms with Crippen molar-refractivity contribution in [1.82, 2.24) is 15.2 Å². The van der Waals surface area contributed by atoms with Crippen molar-refractivity contribution in [3.8, 4) is 0 Å². The SMILES string of the molecule is Cc1ccc(Cl)cc1Nc1nc(C(=O)N2CCC[C@@H]2C(=O)NCc2cccc(C(F)(F)F)c2)cs1. The first-order valence-corrected chi connectivity index (χ1v) is 12.1. The first kappa shape index (κ1) is 25.0. The summed E-state index contributed by atoms with van der Waals surface area (Å²) in [4.78, 5) is 31.7. The average molecular weight is 523 g/mol. The maximum absolute atomic E-state index is 13.1. The second kappa shape index (κ2) is 10.2. The highest BCUT2D eigenvalue weighted by Crippen LogP contribution is 2.30. The molecule has 1 atom stereocenters. The van der Waals surface area contributed by atoms with Crippen LogP contribution < -0.4 is 10.6 Å². The van der Waals surface area contributed by atoms with Gasteiger partial charge < -0.3 is 15.5 Å². The first-order valence-electron chi connectivity index (χ1n) is 10.9. The van der Waals surface area contributed by atoms with Crippen LogP contribution in [0.25, 0.3) is 0 Å². The number of aromatic nitrogens is 1. The summed E-state index contributed by atoms with van der Waals surface area (Å²) in [6.07, 6.45) is -3.34. The number of hydrogen-bond donors (Lipinski definition) is 2. The van der Waals surface area contributed by atoms with Crippen molar-refractivity contribution in [2.75, 3.05) is 11.9 Å². The molecule has 2 amide bonds. The van der Waals surface area contributed by atoms with Crippen LogP contribution in [0.3, 0.4) is 0 Å². The molecule has 184 valence electrons. The molecule has 11 heteroatoms. The smallest absolute Gasteiger partial charge is 0.350 e. The fourth-order valence-electron chi connectivity index (χ4n) is 3.87. The van der Waals surface area contributed by atoms with Crippen molar-refractivity contribution in [3.63, 3.8) is 0 Å². The highest BCUT2D eigenvalue weighted by molar-refractivity contribution is 7.14. The van der Waals surface area contributed by atoms with E-state index in [0.717, 1.165) is 23.4 Å². The minimum atomic E-state index is -4.46. The Morgan fingerprint density at radius 3 is 2.80 bits per heavy atom. The van der Waals surface area contributed by atoms with Gasteiger partial charge in [0.1, 0.15) is 11.7 Å². The van der Waals surface area contributed by atoms with Crippen molar-refractivity contribution in [2.45, 2.75) is 38.5 Å². The van der Waals surface area contributed by atoms with Gasteiger partial charge in [-0.1, -0.05) is 29.8 Å². The van der Waals surface area contributed by atoms with E-state index in [-0.39, 0.29) is 18.1 Å². The van der Waals surface area contributed by atoms with Crippen molar-refractivity contribution >= 4 is 45.6 Å². The van der Waals surface area contributed by atoms with Crippen LogP contribution in [-0.2, 0) is 17.5 Å². The van der Waals surface area contributed by atoms with Crippen LogP contribution in [0.1, 0.15) is 40.0 Å². The molecule has 0 aliphatic carbocycles. The quantitative estimate of drug-likeness (QED) is 0.430. The number of rotatable bonds is 6. The molecule has 3 aromatic rings. The Morgan fingerprint density at radius 1 is 1.23 bits per heavy atom. The zero-order chi connectivity index (χ0) is 25.2. The summed E-state index contributed by atoms with van der Waals surface area (Å²) in [5, 5.41) is 8.54. The Kier molecular flexibility index (Phi) is 7.32. The Labute approximate surface area is 209 Å². The molecule has 0 bridgehead atoms. The number of halogens is 4. The van der Waals surface area contributed by atoms with Gasteiger partial charge >= 0.3 is 6.18 Å². The molecule has 35 heavy (non-hydrogen) atoms. The Balaban J connectivity index is 1.40. The van der Waals surface area contributed by atoms with E-state index in [4.69, 9.17) is 11.6 Å². The number of likely N-dealkylation sites (tertiary alicyclic amines) is 1. The van der Waals surface area contributed by atoms with Crippen LogP contribution >= 0.6 is 22.9 Å². The lowest BCUT2D eigenvalue weighted by atomic mass is 10.1. The maximum atomic E-state index is 13.1. The molecule has 4 rings (SSSR count). The monoisotopic (exact) mass is 522 g/mol. The number of hydrogen-bond acceptors (Lipinski definition) is 5. The van der Waals surface area contributed by atoms with E-state index in [2.05, 4.69) is 15.6 Å². The van der Waals surface area contributed by atoms with Gasteiger partial charge in [-0.25, -0.2) is 4.98 Å². The largest absolute Gasteiger partial charge is 0.416 e. The summed E-state index contributed by atoms with van der Waals surface area (Å²) in [5.41, 5.74) is 1.52. The van der Waals surface area contributed by atoms with Crippen molar-refractivity contribution in [2.24, 2.45) is 0 Å². The van der Waals surface area contributed by atoms with Gasteiger partial charge in [-0.15, -0.1) is 11.3 Å². The topological polar surface area (TPSA) is 74.3 Å². The van der Waals surface area contributed by atoms with E-state index in [1.54, 1.807) is 17.5 Å². The fourth-order valence-corrected chi connectivity index (χ4v) is 4.74. The molecule has 2 aromatic carbocycles. The minimum absolute atomic E-state index is 0.0644. The van der Waals surface area contributed by atoms with Gasteiger partial charge in [0, 0.05) is 29.2 Å². The Bertz CT molecular complexity index is 1250. The molecule has 0 radical (unpaired) electrons. The number of nitrogens with zero attached hydrogens (tertiary/aromatic N) is 2. The number of thiazole rings is 1. The van der Waals surface area contributed by atoms with Crippen molar-refractivity contribution in [1.29, 1.82) is 0 Å². The van der Waals surface area contributed by atoms with Gasteiger partial charge in [-0.05, 0) is 55.2 Å². The molecule has 1 saturated heterocycles. The number of amides is 2. The third-order valence-electron chi connectivity index (χ3n) is 5.70. The predicted molar refractivity (Wildman–Crippen MR) is 129 cm³/mol. The lowest BCUT2D eigenvalue weighted by Crippen LogP contribution is -2.45. The van der Waals surface area contributed by atoms with Crippen LogP contribution in [0.4, 0.5) is 24.0 Å². The molecule has 0 saturated carbocycles. The van der Waals surface area contributed by atoms with Crippen LogP contribution in [-0.4, -0.2) is 34.3 Å². The zero-order valence-electron chi connectivity index (χ0n) is 18.7. The summed E-state index contributed by atoms with van der Waals surface area (Å²) < 4.78 is 38.8. The van der Waals surface area contributed by atoms with Crippen molar-refractivity contribution in [3.05, 3.63) is 75.3 Å². The van der Waals surface area contributed by atoms with Crippen LogP contribution in [0.5, 0.6) is 0 Å². The number of benzene rings is 2.